The van der Waals surface area contributed by atoms with E-state index < -0.39 is 28.0 Å². The van der Waals surface area contributed by atoms with Gasteiger partial charge in [-0.15, -0.1) is 11.3 Å². The molecule has 0 spiro atoms. The van der Waals surface area contributed by atoms with E-state index in [-0.39, 0.29) is 54.0 Å². The Balaban J connectivity index is 1.14. The number of amides is 2. The largest absolute Gasteiger partial charge is 0.489 e. The molecule has 238 valence electrons. The third-order valence-electron chi connectivity index (χ3n) is 9.46. The van der Waals surface area contributed by atoms with Crippen LogP contribution in [0.3, 0.4) is 0 Å². The lowest BCUT2D eigenvalue weighted by atomic mass is 9.82. The molecule has 8 nitrogen and oxygen atoms in total. The average molecular weight is 665 g/mol. The minimum absolute atomic E-state index is 0.0320. The molecule has 4 aromatic rings. The lowest BCUT2D eigenvalue weighted by Gasteiger charge is -2.22. The Morgan fingerprint density at radius 2 is 1.93 bits per heavy atom. The first-order valence-corrected chi connectivity index (χ1v) is 16.8. The zero-order valence-corrected chi connectivity index (χ0v) is 26.6. The van der Waals surface area contributed by atoms with Crippen molar-refractivity contribution in [2.75, 3.05) is 13.2 Å². The number of aromatic nitrogens is 2. The summed E-state index contributed by atoms with van der Waals surface area (Å²) in [5, 5.41) is 3.76. The van der Waals surface area contributed by atoms with E-state index >= 15 is 0 Å². The zero-order valence-electron chi connectivity index (χ0n) is 25.0. The van der Waals surface area contributed by atoms with Crippen molar-refractivity contribution in [1.82, 2.24) is 15.3 Å². The molecule has 3 saturated carbocycles. The highest BCUT2D eigenvalue weighted by Gasteiger charge is 2.45. The van der Waals surface area contributed by atoms with Crippen LogP contribution in [-0.4, -0.2) is 41.0 Å². The number of rotatable bonds is 10. The fourth-order valence-electron chi connectivity index (χ4n) is 6.11. The SMILES string of the molecule is C[C@]1(C(N)=O)COc2c1cc([C@@H](CNC(=O)c1cc(OC3CC3)c3nc(C4CC4)sc3c1)C1CC1)nc2-c1ccc(F)c(F)c1Cl. The molecule has 0 bridgehead atoms. The van der Waals surface area contributed by atoms with Crippen molar-refractivity contribution < 1.29 is 27.8 Å². The summed E-state index contributed by atoms with van der Waals surface area (Å²) in [6.45, 7) is 1.91. The quantitative estimate of drug-likeness (QED) is 0.181. The maximum Gasteiger partial charge on any atom is 0.251 e. The second-order valence-corrected chi connectivity index (χ2v) is 14.5. The van der Waals surface area contributed by atoms with Gasteiger partial charge in [-0.25, -0.2) is 18.7 Å². The van der Waals surface area contributed by atoms with Gasteiger partial charge in [-0.3, -0.25) is 9.59 Å². The van der Waals surface area contributed by atoms with Crippen molar-refractivity contribution in [3.63, 3.8) is 0 Å². The predicted molar refractivity (Wildman–Crippen MR) is 170 cm³/mol. The van der Waals surface area contributed by atoms with E-state index in [9.17, 15) is 18.4 Å². The van der Waals surface area contributed by atoms with Crippen LogP contribution < -0.4 is 20.5 Å². The molecule has 1 aliphatic heterocycles. The number of carbonyl (C=O) groups is 2. The highest BCUT2D eigenvalue weighted by atomic mass is 35.5. The molecule has 3 N–H and O–H groups in total. The van der Waals surface area contributed by atoms with Crippen molar-refractivity contribution in [2.24, 2.45) is 11.7 Å². The lowest BCUT2D eigenvalue weighted by Crippen LogP contribution is -2.40. The number of primary amides is 1. The van der Waals surface area contributed by atoms with Gasteiger partial charge in [0.2, 0.25) is 5.91 Å². The lowest BCUT2D eigenvalue weighted by molar-refractivity contribution is -0.123. The first-order valence-electron chi connectivity index (χ1n) is 15.6. The third kappa shape index (κ3) is 5.17. The molecule has 12 heteroatoms. The molecule has 2 aromatic heterocycles. The molecule has 2 aromatic carbocycles. The van der Waals surface area contributed by atoms with Crippen LogP contribution in [0.4, 0.5) is 8.78 Å². The smallest absolute Gasteiger partial charge is 0.251 e. The van der Waals surface area contributed by atoms with Gasteiger partial charge in [-0.2, -0.15) is 0 Å². The van der Waals surface area contributed by atoms with Gasteiger partial charge in [0.05, 0.1) is 20.8 Å². The number of nitrogens with zero attached hydrogens (tertiary/aromatic N) is 2. The number of ether oxygens (including phenoxy) is 2. The van der Waals surface area contributed by atoms with Gasteiger partial charge < -0.3 is 20.5 Å². The second kappa shape index (κ2) is 10.9. The maximum atomic E-state index is 14.6. The predicted octanol–water partition coefficient (Wildman–Crippen LogP) is 6.77. The van der Waals surface area contributed by atoms with E-state index in [1.807, 2.05) is 6.07 Å². The molecular formula is C34H31ClF2N4O4S. The van der Waals surface area contributed by atoms with Crippen molar-refractivity contribution in [2.45, 2.75) is 68.8 Å². The Labute approximate surface area is 272 Å². The Morgan fingerprint density at radius 3 is 2.63 bits per heavy atom. The number of thiazole rings is 1. The highest BCUT2D eigenvalue weighted by Crippen LogP contribution is 2.50. The number of pyridine rings is 1. The maximum absolute atomic E-state index is 14.6. The molecule has 3 fully saturated rings. The molecule has 3 aliphatic carbocycles. The van der Waals surface area contributed by atoms with E-state index in [1.54, 1.807) is 30.4 Å². The van der Waals surface area contributed by atoms with Crippen LogP contribution >= 0.6 is 22.9 Å². The van der Waals surface area contributed by atoms with Crippen LogP contribution in [0.5, 0.6) is 11.5 Å². The number of hydrogen-bond donors (Lipinski definition) is 2. The number of halogens is 3. The minimum atomic E-state index is -1.20. The fourth-order valence-corrected chi connectivity index (χ4v) is 7.55. The highest BCUT2D eigenvalue weighted by molar-refractivity contribution is 7.18. The number of fused-ring (bicyclic) bond motifs is 2. The Bertz CT molecular complexity index is 1940. The van der Waals surface area contributed by atoms with E-state index in [0.717, 1.165) is 59.8 Å². The van der Waals surface area contributed by atoms with Crippen LogP contribution in [0.1, 0.15) is 83.9 Å². The van der Waals surface area contributed by atoms with E-state index in [0.29, 0.717) is 28.5 Å². The van der Waals surface area contributed by atoms with Gasteiger partial charge in [0.1, 0.15) is 34.7 Å². The summed E-state index contributed by atoms with van der Waals surface area (Å²) in [6.07, 6.45) is 6.28. The average Bonchev–Trinajstić information content (AvgIpc) is 3.93. The molecule has 4 aliphatic rings. The van der Waals surface area contributed by atoms with Crippen LogP contribution in [0.25, 0.3) is 21.5 Å². The van der Waals surface area contributed by atoms with Crippen LogP contribution in [0.2, 0.25) is 5.02 Å². The monoisotopic (exact) mass is 664 g/mol. The van der Waals surface area contributed by atoms with Crippen LogP contribution in [0, 0.1) is 17.6 Å². The fraction of sp³-hybridized carbons (Fsp3) is 0.412. The topological polar surface area (TPSA) is 116 Å². The molecule has 0 saturated heterocycles. The standard InChI is InChI=1S/C34H31ClF2N4O4S/c1-34(33(38)43)14-44-30-21(34)12-23(40-28(30)19-8-9-22(36)27(37)26(19)35)20(15-2-3-15)13-39-31(42)17-10-24(45-18-6-7-18)29-25(11-17)46-32(41-29)16-4-5-16/h8-12,15-16,18,20H,2-7,13-14H2,1H3,(H2,38,43)(H,39,42)/t20-,34-/m0/s1. The first-order chi connectivity index (χ1) is 22.1. The van der Waals surface area contributed by atoms with Gasteiger partial charge in [0.15, 0.2) is 11.6 Å². The molecule has 2 atom stereocenters. The Morgan fingerprint density at radius 1 is 1.15 bits per heavy atom. The van der Waals surface area contributed by atoms with Crippen LogP contribution in [-0.2, 0) is 10.2 Å². The summed E-state index contributed by atoms with van der Waals surface area (Å²) < 4.78 is 41.7. The summed E-state index contributed by atoms with van der Waals surface area (Å²) in [4.78, 5) is 36.1. The van der Waals surface area contributed by atoms with Crippen molar-refractivity contribution >= 4 is 45.0 Å². The zero-order chi connectivity index (χ0) is 31.9. The summed E-state index contributed by atoms with van der Waals surface area (Å²) in [5.74, 6) is -1.74. The minimum Gasteiger partial charge on any atom is -0.489 e. The van der Waals surface area contributed by atoms with Crippen molar-refractivity contribution in [3.05, 3.63) is 68.8 Å². The number of carbonyl (C=O) groups excluding carboxylic acids is 2. The van der Waals surface area contributed by atoms with Gasteiger partial charge in [-0.1, -0.05) is 11.6 Å². The van der Waals surface area contributed by atoms with Gasteiger partial charge >= 0.3 is 0 Å². The summed E-state index contributed by atoms with van der Waals surface area (Å²) in [6, 6.07) is 7.78. The van der Waals surface area contributed by atoms with Crippen molar-refractivity contribution in [1.29, 1.82) is 0 Å². The summed E-state index contributed by atoms with van der Waals surface area (Å²) in [5.41, 5.74) is 7.39. The van der Waals surface area contributed by atoms with Gasteiger partial charge in [0.25, 0.3) is 5.91 Å². The number of hydrogen-bond acceptors (Lipinski definition) is 7. The number of nitrogens with one attached hydrogen (secondary N) is 1. The van der Waals surface area contributed by atoms with E-state index in [4.69, 9.17) is 36.8 Å². The third-order valence-corrected chi connectivity index (χ3v) is 11.0. The van der Waals surface area contributed by atoms with Crippen LogP contribution in [0.15, 0.2) is 30.3 Å². The van der Waals surface area contributed by atoms with E-state index in [1.165, 1.54) is 6.07 Å². The molecule has 46 heavy (non-hydrogen) atoms. The van der Waals surface area contributed by atoms with Gasteiger partial charge in [-0.05, 0) is 81.7 Å². The molecule has 0 unspecified atom stereocenters. The molecule has 3 heterocycles. The Hall–Kier alpha value is -3.83. The summed E-state index contributed by atoms with van der Waals surface area (Å²) in [7, 11) is 0. The van der Waals surface area contributed by atoms with Crippen molar-refractivity contribution in [3.8, 4) is 22.8 Å². The van der Waals surface area contributed by atoms with E-state index in [2.05, 4.69) is 5.32 Å². The molecule has 0 radical (unpaired) electrons. The second-order valence-electron chi connectivity index (χ2n) is 13.1. The molecule has 8 rings (SSSR count). The number of nitrogens with two attached hydrogens (primary N) is 1. The molecular weight excluding hydrogens is 634 g/mol. The normalized spacial score (nSPS) is 21.1. The number of benzene rings is 2. The van der Waals surface area contributed by atoms with Gasteiger partial charge in [0, 0.05) is 40.8 Å². The molecule has 2 amide bonds. The first kappa shape index (κ1) is 29.6. The summed E-state index contributed by atoms with van der Waals surface area (Å²) >= 11 is 7.91. The Kier molecular flexibility index (Phi) is 6.99.